The third-order valence-electron chi connectivity index (χ3n) is 6.19. The number of aliphatic hydroxyl groups is 2. The smallest absolute Gasteiger partial charge is 0.231 e. The monoisotopic (exact) mass is 602 g/mol. The third-order valence-corrected chi connectivity index (χ3v) is 7.30. The highest BCUT2D eigenvalue weighted by Crippen LogP contribution is 2.40. The number of thioether (sulfide) groups is 1. The lowest BCUT2D eigenvalue weighted by Gasteiger charge is -2.31. The Morgan fingerprint density at radius 2 is 1.85 bits per heavy atom. The largest absolute Gasteiger partial charge is 0.495 e. The molecule has 218 valence electrons. The number of methoxy groups -OCH3 is 1. The van der Waals surface area contributed by atoms with Crippen LogP contribution in [0.1, 0.15) is 48.1 Å². The molecule has 1 aromatic heterocycles. The van der Waals surface area contributed by atoms with Crippen LogP contribution in [0.2, 0.25) is 5.02 Å². The van der Waals surface area contributed by atoms with Crippen molar-refractivity contribution in [2.24, 2.45) is 0 Å². The van der Waals surface area contributed by atoms with E-state index in [1.165, 1.54) is 7.11 Å². The molecule has 1 aliphatic heterocycles. The average molecular weight is 603 g/mol. The van der Waals surface area contributed by atoms with Crippen molar-refractivity contribution in [3.8, 4) is 22.8 Å². The topological polar surface area (TPSA) is 155 Å². The van der Waals surface area contributed by atoms with Crippen LogP contribution in [0.15, 0.2) is 52.9 Å². The minimum Gasteiger partial charge on any atom is -0.495 e. The van der Waals surface area contributed by atoms with Crippen molar-refractivity contribution in [1.82, 2.24) is 0 Å². The van der Waals surface area contributed by atoms with E-state index in [1.54, 1.807) is 62.4 Å². The van der Waals surface area contributed by atoms with Gasteiger partial charge in [0.15, 0.2) is 5.76 Å². The quantitative estimate of drug-likeness (QED) is 0.134. The summed E-state index contributed by atoms with van der Waals surface area (Å²) in [5.74, 6) is 0.469. The van der Waals surface area contributed by atoms with Crippen LogP contribution in [0, 0.1) is 10.8 Å². The van der Waals surface area contributed by atoms with Crippen LogP contribution in [-0.2, 0) is 9.47 Å². The third kappa shape index (κ3) is 7.37. The molecule has 3 aromatic rings. The van der Waals surface area contributed by atoms with Gasteiger partial charge >= 0.3 is 0 Å². The number of nitrogens with one attached hydrogen (secondary N) is 2. The predicted molar refractivity (Wildman–Crippen MR) is 156 cm³/mol. The minimum atomic E-state index is -1.06. The lowest BCUT2D eigenvalue weighted by molar-refractivity contribution is -0.198. The lowest BCUT2D eigenvalue weighted by atomic mass is 10.0. The number of furan rings is 1. The van der Waals surface area contributed by atoms with Gasteiger partial charge in [0.2, 0.25) is 12.1 Å². The van der Waals surface area contributed by atoms with E-state index in [-0.39, 0.29) is 52.7 Å². The number of benzene rings is 2. The van der Waals surface area contributed by atoms with Crippen molar-refractivity contribution in [2.75, 3.05) is 20.3 Å². The number of hydrogen-bond acceptors (Lipinski definition) is 11. The van der Waals surface area contributed by atoms with E-state index >= 15 is 0 Å². The maximum atomic E-state index is 13.5. The van der Waals surface area contributed by atoms with Crippen LogP contribution >= 0.6 is 23.4 Å². The van der Waals surface area contributed by atoms with Crippen LogP contribution in [-0.4, -0.2) is 64.9 Å². The standard InChI is InChI=1S/C29H31ClN2O8S/c1-4-37-27(16-5-7-17(8-6-16)28(32)41-15(2)31)26(35)22-10-9-21(39-22)18-11-23(36-3)25(30)24(12-18)40-29-20(34)13-19(33)14-38-29/h5-12,19-20,27,29,31-34H,4,13-14H2,1-3H3. The maximum absolute atomic E-state index is 13.5. The minimum absolute atomic E-state index is 0.00843. The van der Waals surface area contributed by atoms with Gasteiger partial charge in [-0.25, -0.2) is 0 Å². The van der Waals surface area contributed by atoms with Crippen molar-refractivity contribution in [3.05, 3.63) is 70.4 Å². The van der Waals surface area contributed by atoms with E-state index in [1.807, 2.05) is 0 Å². The fourth-order valence-corrected chi connectivity index (χ4v) is 5.02. The second-order valence-corrected chi connectivity index (χ2v) is 10.8. The first kappa shape index (κ1) is 30.8. The molecule has 0 spiro atoms. The summed E-state index contributed by atoms with van der Waals surface area (Å²) in [6, 6.07) is 13.3. The van der Waals surface area contributed by atoms with Gasteiger partial charge in [-0.05, 0) is 43.7 Å². The average Bonchev–Trinajstić information content (AvgIpc) is 3.44. The number of Topliss-reactive ketones (excluding diaryl/α,β-unsaturated/α-hetero) is 1. The van der Waals surface area contributed by atoms with Gasteiger partial charge < -0.3 is 33.6 Å². The van der Waals surface area contributed by atoms with E-state index in [9.17, 15) is 15.0 Å². The molecule has 1 aliphatic rings. The number of aliphatic hydroxyl groups excluding tert-OH is 2. The Bertz CT molecular complexity index is 1410. The van der Waals surface area contributed by atoms with E-state index in [2.05, 4.69) is 0 Å². The molecule has 1 fully saturated rings. The summed E-state index contributed by atoms with van der Waals surface area (Å²) in [6.45, 7) is 3.70. The molecule has 4 rings (SSSR count). The van der Waals surface area contributed by atoms with Crippen molar-refractivity contribution >= 4 is 39.2 Å². The molecule has 2 heterocycles. The molecule has 4 atom stereocenters. The summed E-state index contributed by atoms with van der Waals surface area (Å²) in [4.78, 5) is 13.5. The van der Waals surface area contributed by atoms with Gasteiger partial charge in [0, 0.05) is 24.2 Å². The number of ketones is 1. The Labute approximate surface area is 246 Å². The zero-order valence-electron chi connectivity index (χ0n) is 22.7. The van der Waals surface area contributed by atoms with Crippen LogP contribution in [0.5, 0.6) is 11.5 Å². The van der Waals surface area contributed by atoms with Gasteiger partial charge in [0.1, 0.15) is 39.5 Å². The van der Waals surface area contributed by atoms with Crippen LogP contribution in [0.4, 0.5) is 0 Å². The van der Waals surface area contributed by atoms with E-state index in [4.69, 9.17) is 45.8 Å². The van der Waals surface area contributed by atoms with Crippen molar-refractivity contribution in [2.45, 2.75) is 44.9 Å². The highest BCUT2D eigenvalue weighted by atomic mass is 35.5. The van der Waals surface area contributed by atoms with Crippen molar-refractivity contribution in [1.29, 1.82) is 10.8 Å². The summed E-state index contributed by atoms with van der Waals surface area (Å²) >= 11 is 7.50. The van der Waals surface area contributed by atoms with Crippen LogP contribution < -0.4 is 9.47 Å². The fourth-order valence-electron chi connectivity index (χ4n) is 4.23. The Hall–Kier alpha value is -3.19. The van der Waals surface area contributed by atoms with Crippen molar-refractivity contribution < 1.29 is 38.4 Å². The maximum Gasteiger partial charge on any atom is 0.231 e. The number of hydrogen-bond donors (Lipinski definition) is 4. The molecule has 10 nitrogen and oxygen atoms in total. The summed E-state index contributed by atoms with van der Waals surface area (Å²) < 4.78 is 28.4. The molecule has 41 heavy (non-hydrogen) atoms. The number of ether oxygens (including phenoxy) is 4. The van der Waals surface area contributed by atoms with Crippen molar-refractivity contribution in [3.63, 3.8) is 0 Å². The summed E-state index contributed by atoms with van der Waals surface area (Å²) in [7, 11) is 1.44. The molecule has 2 aromatic carbocycles. The van der Waals surface area contributed by atoms with E-state index in [0.29, 0.717) is 27.5 Å². The first-order chi connectivity index (χ1) is 19.6. The zero-order valence-corrected chi connectivity index (χ0v) is 24.3. The summed E-state index contributed by atoms with van der Waals surface area (Å²) in [5, 5.41) is 36.4. The van der Waals surface area contributed by atoms with Gasteiger partial charge in [0.25, 0.3) is 0 Å². The van der Waals surface area contributed by atoms with E-state index in [0.717, 1.165) is 11.8 Å². The Kier molecular flexibility index (Phi) is 10.2. The molecule has 0 bridgehead atoms. The van der Waals surface area contributed by atoms with Crippen LogP contribution in [0.3, 0.4) is 0 Å². The first-order valence-corrected chi connectivity index (χ1v) is 14.0. The van der Waals surface area contributed by atoms with Gasteiger partial charge in [-0.2, -0.15) is 0 Å². The second-order valence-electron chi connectivity index (χ2n) is 9.24. The van der Waals surface area contributed by atoms with Gasteiger partial charge in [-0.1, -0.05) is 47.6 Å². The predicted octanol–water partition coefficient (Wildman–Crippen LogP) is 5.47. The highest BCUT2D eigenvalue weighted by Gasteiger charge is 2.32. The lowest BCUT2D eigenvalue weighted by Crippen LogP contribution is -2.44. The molecule has 4 N–H and O–H groups in total. The van der Waals surface area contributed by atoms with E-state index < -0.39 is 24.6 Å². The molecule has 4 unspecified atom stereocenters. The Morgan fingerprint density at radius 1 is 1.15 bits per heavy atom. The summed E-state index contributed by atoms with van der Waals surface area (Å²) in [6.07, 6.45) is -3.73. The van der Waals surface area contributed by atoms with Gasteiger partial charge in [-0.3, -0.25) is 15.6 Å². The highest BCUT2D eigenvalue weighted by molar-refractivity contribution is 8.26. The number of rotatable bonds is 10. The molecule has 0 amide bonds. The number of carbonyl (C=O) groups is 1. The number of halogens is 1. The fraction of sp³-hybridized carbons (Fsp3) is 0.345. The molecular weight excluding hydrogens is 572 g/mol. The molecule has 1 saturated heterocycles. The van der Waals surface area contributed by atoms with Gasteiger partial charge in [-0.15, -0.1) is 0 Å². The molecule has 0 aliphatic carbocycles. The molecule has 0 radical (unpaired) electrons. The Balaban J connectivity index is 1.58. The Morgan fingerprint density at radius 3 is 2.49 bits per heavy atom. The molecule has 0 saturated carbocycles. The normalized spacial score (nSPS) is 19.4. The van der Waals surface area contributed by atoms with Gasteiger partial charge in [0.05, 0.1) is 24.9 Å². The molecule has 12 heteroatoms. The second kappa shape index (κ2) is 13.6. The SMILES string of the molecule is CCOC(C(=O)c1ccc(-c2cc(OC)c(Cl)c(OC3OCC(O)CC3O)c2)o1)c1ccc(C(=N)SC(C)=N)cc1. The summed E-state index contributed by atoms with van der Waals surface area (Å²) in [5.41, 5.74) is 1.73. The zero-order chi connectivity index (χ0) is 29.7. The van der Waals surface area contributed by atoms with Crippen LogP contribution in [0.25, 0.3) is 11.3 Å². The molecular formula is C29H31ClN2O8S. The number of carbonyl (C=O) groups excluding carboxylic acids is 1. The first-order valence-electron chi connectivity index (χ1n) is 12.8.